The van der Waals surface area contributed by atoms with Gasteiger partial charge in [0.15, 0.2) is 5.75 Å². The maximum absolute atomic E-state index is 12.4. The first-order valence-corrected chi connectivity index (χ1v) is 9.26. The first kappa shape index (κ1) is 21.2. The van der Waals surface area contributed by atoms with Crippen molar-refractivity contribution in [3.63, 3.8) is 0 Å². The van der Waals surface area contributed by atoms with Crippen molar-refractivity contribution in [2.24, 2.45) is 0 Å². The molecular weight excluding hydrogens is 362 g/mol. The minimum Gasteiger partial charge on any atom is -0.455 e. The number of amides is 1. The van der Waals surface area contributed by atoms with E-state index in [0.29, 0.717) is 23.9 Å². The van der Waals surface area contributed by atoms with Gasteiger partial charge in [-0.15, -0.1) is 12.4 Å². The summed E-state index contributed by atoms with van der Waals surface area (Å²) < 4.78 is 5.90. The Morgan fingerprint density at radius 3 is 2.67 bits per heavy atom. The molecule has 1 amide bonds. The molecule has 0 aliphatic carbocycles. The quantitative estimate of drug-likeness (QED) is 0.753. The maximum Gasteiger partial charge on any atom is 0.225 e. The number of nitrogens with zero attached hydrogens (tertiary/aromatic N) is 1. The van der Waals surface area contributed by atoms with Crippen LogP contribution in [0, 0.1) is 0 Å². The number of likely N-dealkylation sites (tertiary alicyclic amines) is 1. The second-order valence-electron chi connectivity index (χ2n) is 6.64. The van der Waals surface area contributed by atoms with Gasteiger partial charge in [-0.3, -0.25) is 4.79 Å². The summed E-state index contributed by atoms with van der Waals surface area (Å²) in [4.78, 5) is 14.8. The fraction of sp³-hybridized carbons (Fsp3) is 0.381. The molecule has 1 aliphatic rings. The van der Waals surface area contributed by atoms with Crippen molar-refractivity contribution in [1.82, 2.24) is 10.2 Å². The monoisotopic (exact) mass is 389 g/mol. The molecule has 0 radical (unpaired) electrons. The number of ether oxygens (including phenoxy) is 1. The number of benzene rings is 2. The lowest BCUT2D eigenvalue weighted by atomic mass is 10.1. The number of hydrogen-bond acceptors (Lipinski definition) is 4. The average molecular weight is 390 g/mol. The first-order valence-electron chi connectivity index (χ1n) is 9.26. The third-order valence-electron chi connectivity index (χ3n) is 4.70. The molecule has 2 aromatic rings. The van der Waals surface area contributed by atoms with Gasteiger partial charge in [-0.2, -0.15) is 0 Å². The van der Waals surface area contributed by atoms with Gasteiger partial charge in [0.05, 0.1) is 5.69 Å². The zero-order valence-corrected chi connectivity index (χ0v) is 16.5. The standard InChI is InChI=1S/C21H27N3O2.ClH/c1-22-17-8-7-14-24(16-17)15-13-21(25)23-19-11-5-6-12-20(19)26-18-9-3-2-4-10-18;/h2-6,9-12,17,22H,7-8,13-16H2,1H3,(H,23,25);1H. The second kappa shape index (κ2) is 10.9. The lowest BCUT2D eigenvalue weighted by molar-refractivity contribution is -0.116. The van der Waals surface area contributed by atoms with Crippen molar-refractivity contribution in [3.8, 4) is 11.5 Å². The fourth-order valence-corrected chi connectivity index (χ4v) is 3.24. The molecular formula is C21H28ClN3O2. The second-order valence-corrected chi connectivity index (χ2v) is 6.64. The highest BCUT2D eigenvalue weighted by molar-refractivity contribution is 5.92. The van der Waals surface area contributed by atoms with Gasteiger partial charge in [-0.25, -0.2) is 0 Å². The molecule has 27 heavy (non-hydrogen) atoms. The molecule has 0 aromatic heterocycles. The molecule has 2 aromatic carbocycles. The van der Waals surface area contributed by atoms with Crippen LogP contribution in [0.4, 0.5) is 5.69 Å². The molecule has 1 saturated heterocycles. The van der Waals surface area contributed by atoms with Crippen LogP contribution in [0.3, 0.4) is 0 Å². The third kappa shape index (κ3) is 6.54. The van der Waals surface area contributed by atoms with Crippen molar-refractivity contribution < 1.29 is 9.53 Å². The Morgan fingerprint density at radius 2 is 1.89 bits per heavy atom. The van der Waals surface area contributed by atoms with E-state index in [1.807, 2.05) is 61.6 Å². The van der Waals surface area contributed by atoms with E-state index in [2.05, 4.69) is 15.5 Å². The summed E-state index contributed by atoms with van der Waals surface area (Å²) in [6, 6.07) is 17.7. The number of hydrogen-bond donors (Lipinski definition) is 2. The van der Waals surface area contributed by atoms with Crippen molar-refractivity contribution in [2.45, 2.75) is 25.3 Å². The van der Waals surface area contributed by atoms with Crippen molar-refractivity contribution in [1.29, 1.82) is 0 Å². The van der Waals surface area contributed by atoms with E-state index in [4.69, 9.17) is 4.74 Å². The zero-order chi connectivity index (χ0) is 18.2. The lowest BCUT2D eigenvalue weighted by Gasteiger charge is -2.32. The molecule has 1 heterocycles. The van der Waals surface area contributed by atoms with Crippen molar-refractivity contribution >= 4 is 24.0 Å². The molecule has 6 heteroatoms. The van der Waals surface area contributed by atoms with E-state index < -0.39 is 0 Å². The Morgan fingerprint density at radius 1 is 1.15 bits per heavy atom. The van der Waals surface area contributed by atoms with E-state index in [1.165, 1.54) is 12.8 Å². The van der Waals surface area contributed by atoms with Crippen LogP contribution >= 0.6 is 12.4 Å². The van der Waals surface area contributed by atoms with Gasteiger partial charge in [0.25, 0.3) is 0 Å². The van der Waals surface area contributed by atoms with Gasteiger partial charge in [0.1, 0.15) is 5.75 Å². The summed E-state index contributed by atoms with van der Waals surface area (Å²) in [7, 11) is 2.00. The number of likely N-dealkylation sites (N-methyl/N-ethyl adjacent to an activating group) is 1. The van der Waals surface area contributed by atoms with Crippen LogP contribution in [0.25, 0.3) is 0 Å². The number of para-hydroxylation sites is 3. The average Bonchev–Trinajstić information content (AvgIpc) is 2.69. The van der Waals surface area contributed by atoms with Crippen LogP contribution in [0.1, 0.15) is 19.3 Å². The highest BCUT2D eigenvalue weighted by Crippen LogP contribution is 2.29. The molecule has 1 fully saturated rings. The number of carbonyl (C=O) groups excluding carboxylic acids is 1. The third-order valence-corrected chi connectivity index (χ3v) is 4.70. The summed E-state index contributed by atoms with van der Waals surface area (Å²) in [5.41, 5.74) is 0.702. The number of nitrogens with one attached hydrogen (secondary N) is 2. The Bertz CT molecular complexity index is 712. The molecule has 1 atom stereocenters. The van der Waals surface area contributed by atoms with Crippen molar-refractivity contribution in [2.75, 3.05) is 32.0 Å². The number of halogens is 1. The summed E-state index contributed by atoms with van der Waals surface area (Å²) in [5, 5.41) is 6.32. The van der Waals surface area contributed by atoms with Gasteiger partial charge in [-0.1, -0.05) is 30.3 Å². The summed E-state index contributed by atoms with van der Waals surface area (Å²) in [6.45, 7) is 2.86. The maximum atomic E-state index is 12.4. The van der Waals surface area contributed by atoms with Crippen molar-refractivity contribution in [3.05, 3.63) is 54.6 Å². The molecule has 146 valence electrons. The van der Waals surface area contributed by atoms with Crippen LogP contribution in [0.2, 0.25) is 0 Å². The highest BCUT2D eigenvalue weighted by Gasteiger charge is 2.19. The summed E-state index contributed by atoms with van der Waals surface area (Å²) in [6.07, 6.45) is 2.88. The van der Waals surface area contributed by atoms with E-state index >= 15 is 0 Å². The van der Waals surface area contributed by atoms with Gasteiger partial charge in [0, 0.05) is 25.6 Å². The number of piperidine rings is 1. The number of rotatable bonds is 7. The predicted octanol–water partition coefficient (Wildman–Crippen LogP) is 3.91. The minimum absolute atomic E-state index is 0. The molecule has 0 bridgehead atoms. The molecule has 1 aliphatic heterocycles. The molecule has 3 rings (SSSR count). The van der Waals surface area contributed by atoms with Crippen LogP contribution in [-0.4, -0.2) is 43.5 Å². The SMILES string of the molecule is CNC1CCCN(CCC(=O)Nc2ccccc2Oc2ccccc2)C1.Cl. The van der Waals surface area contributed by atoms with E-state index in [-0.39, 0.29) is 18.3 Å². The fourth-order valence-electron chi connectivity index (χ4n) is 3.24. The van der Waals surface area contributed by atoms with Crippen LogP contribution in [-0.2, 0) is 4.79 Å². The van der Waals surface area contributed by atoms with Crippen LogP contribution in [0.5, 0.6) is 11.5 Å². The normalized spacial score (nSPS) is 17.0. The number of carbonyl (C=O) groups is 1. The predicted molar refractivity (Wildman–Crippen MR) is 112 cm³/mol. The van der Waals surface area contributed by atoms with Gasteiger partial charge >= 0.3 is 0 Å². The van der Waals surface area contributed by atoms with Gasteiger partial charge in [0.2, 0.25) is 5.91 Å². The Hall–Kier alpha value is -2.08. The Labute approximate surface area is 167 Å². The topological polar surface area (TPSA) is 53.6 Å². The smallest absolute Gasteiger partial charge is 0.225 e. The molecule has 1 unspecified atom stereocenters. The summed E-state index contributed by atoms with van der Waals surface area (Å²) >= 11 is 0. The van der Waals surface area contributed by atoms with E-state index in [9.17, 15) is 4.79 Å². The highest BCUT2D eigenvalue weighted by atomic mass is 35.5. The lowest BCUT2D eigenvalue weighted by Crippen LogP contribution is -2.45. The van der Waals surface area contributed by atoms with Crippen LogP contribution < -0.4 is 15.4 Å². The molecule has 5 nitrogen and oxygen atoms in total. The summed E-state index contributed by atoms with van der Waals surface area (Å²) in [5.74, 6) is 1.42. The molecule has 2 N–H and O–H groups in total. The zero-order valence-electron chi connectivity index (χ0n) is 15.7. The molecule has 0 spiro atoms. The van der Waals surface area contributed by atoms with E-state index in [1.54, 1.807) is 0 Å². The van der Waals surface area contributed by atoms with Crippen LogP contribution in [0.15, 0.2) is 54.6 Å². The minimum atomic E-state index is 0. The molecule has 0 saturated carbocycles. The first-order chi connectivity index (χ1) is 12.7. The van der Waals surface area contributed by atoms with Gasteiger partial charge in [-0.05, 0) is 50.7 Å². The Balaban J connectivity index is 0.00000261. The largest absolute Gasteiger partial charge is 0.455 e. The van der Waals surface area contributed by atoms with Gasteiger partial charge < -0.3 is 20.3 Å². The Kier molecular flexibility index (Phi) is 8.58. The van der Waals surface area contributed by atoms with E-state index in [0.717, 1.165) is 25.4 Å². The number of anilines is 1.